The van der Waals surface area contributed by atoms with E-state index in [1.807, 2.05) is 10.8 Å². The van der Waals surface area contributed by atoms with Crippen LogP contribution >= 0.6 is 41.1 Å². The Kier molecular flexibility index (Phi) is 8.61. The number of benzene rings is 1. The fourth-order valence-electron chi connectivity index (χ4n) is 5.27. The predicted octanol–water partition coefficient (Wildman–Crippen LogP) is 5.42. The van der Waals surface area contributed by atoms with E-state index in [1.54, 1.807) is 6.07 Å². The standard InChI is InChI=1S/C28H41IN4OP2/c1-16(2)21-8-7-9-22(26(21)35)17(3)30-18(4)23-15-33(28(10-11-28)27(29)36)25(34)14-24(23)31-19-12-20(13-19)32(5)6/h7-9,14-17,19-20,27,30-31H,4,10-13,35-36H2,1-3,5-6H3/t17-,19?,20?,27?/m1/s1. The fraction of sp³-hybridized carbons (Fsp3) is 0.536. The molecule has 36 heavy (non-hydrogen) atoms. The van der Waals surface area contributed by atoms with Crippen LogP contribution in [0.15, 0.2) is 41.8 Å². The average molecular weight is 639 g/mol. The number of nitrogens with one attached hydrogen (secondary N) is 2. The molecule has 0 spiro atoms. The van der Waals surface area contributed by atoms with Crippen LogP contribution in [-0.4, -0.2) is 39.3 Å². The van der Waals surface area contributed by atoms with E-state index < -0.39 is 0 Å². The van der Waals surface area contributed by atoms with Crippen molar-refractivity contribution in [2.75, 3.05) is 19.4 Å². The highest BCUT2D eigenvalue weighted by atomic mass is 127. The van der Waals surface area contributed by atoms with Crippen molar-refractivity contribution in [3.8, 4) is 0 Å². The molecule has 2 saturated carbocycles. The first kappa shape index (κ1) is 28.1. The lowest BCUT2D eigenvalue weighted by atomic mass is 9.85. The molecule has 0 radical (unpaired) electrons. The van der Waals surface area contributed by atoms with Crippen molar-refractivity contribution in [1.29, 1.82) is 0 Å². The van der Waals surface area contributed by atoms with Gasteiger partial charge in [-0.1, -0.05) is 61.2 Å². The molecule has 4 rings (SSSR count). The number of nitrogens with zero attached hydrogens (tertiary/aromatic N) is 2. The second kappa shape index (κ2) is 11.0. The number of anilines is 1. The summed E-state index contributed by atoms with van der Waals surface area (Å²) in [6, 6.07) is 9.35. The first-order chi connectivity index (χ1) is 16.9. The van der Waals surface area contributed by atoms with E-state index in [2.05, 4.69) is 116 Å². The van der Waals surface area contributed by atoms with Crippen LogP contribution in [0.25, 0.3) is 5.70 Å². The highest BCUT2D eigenvalue weighted by Gasteiger charge is 2.49. The third kappa shape index (κ3) is 5.58. The molecule has 2 N–H and O–H groups in total. The second-order valence-electron chi connectivity index (χ2n) is 11.1. The largest absolute Gasteiger partial charge is 0.381 e. The van der Waals surface area contributed by atoms with E-state index in [9.17, 15) is 4.79 Å². The Morgan fingerprint density at radius 3 is 2.42 bits per heavy atom. The lowest BCUT2D eigenvalue weighted by Crippen LogP contribution is -2.47. The molecule has 5 nitrogen and oxygen atoms in total. The molecule has 2 aliphatic rings. The minimum atomic E-state index is -0.118. The molecule has 0 saturated heterocycles. The van der Waals surface area contributed by atoms with Gasteiger partial charge in [-0.15, -0.1) is 18.5 Å². The Labute approximate surface area is 234 Å². The van der Waals surface area contributed by atoms with Crippen LogP contribution in [-0.2, 0) is 5.54 Å². The minimum Gasteiger partial charge on any atom is -0.381 e. The Hall–Kier alpha value is -0.940. The number of hydrogen-bond donors (Lipinski definition) is 2. The van der Waals surface area contributed by atoms with Gasteiger partial charge in [0.15, 0.2) is 0 Å². The quantitative estimate of drug-likeness (QED) is 0.207. The summed E-state index contributed by atoms with van der Waals surface area (Å²) in [7, 11) is 10.1. The van der Waals surface area contributed by atoms with Crippen molar-refractivity contribution in [3.63, 3.8) is 0 Å². The molecule has 1 aromatic carbocycles. The second-order valence-corrected chi connectivity index (χ2v) is 15.0. The van der Waals surface area contributed by atoms with Gasteiger partial charge >= 0.3 is 0 Å². The van der Waals surface area contributed by atoms with Crippen molar-refractivity contribution in [3.05, 3.63) is 64.1 Å². The summed E-state index contributed by atoms with van der Waals surface area (Å²) in [6.07, 6.45) is 6.26. The van der Waals surface area contributed by atoms with E-state index in [1.165, 1.54) is 16.4 Å². The first-order valence-electron chi connectivity index (χ1n) is 12.9. The van der Waals surface area contributed by atoms with Crippen LogP contribution < -0.4 is 21.5 Å². The van der Waals surface area contributed by atoms with Crippen LogP contribution in [0.2, 0.25) is 0 Å². The summed E-state index contributed by atoms with van der Waals surface area (Å²) < 4.78 is 2.25. The van der Waals surface area contributed by atoms with Gasteiger partial charge in [-0.2, -0.15) is 0 Å². The van der Waals surface area contributed by atoms with Crippen LogP contribution in [0.3, 0.4) is 0 Å². The topological polar surface area (TPSA) is 49.3 Å². The van der Waals surface area contributed by atoms with Crippen LogP contribution in [0.1, 0.15) is 75.1 Å². The van der Waals surface area contributed by atoms with E-state index in [4.69, 9.17) is 0 Å². The number of pyridine rings is 1. The maximum Gasteiger partial charge on any atom is 0.253 e. The van der Waals surface area contributed by atoms with Crippen molar-refractivity contribution in [2.45, 2.75) is 79.7 Å². The normalized spacial score (nSPS) is 22.2. The summed E-state index contributed by atoms with van der Waals surface area (Å²) in [4.78, 5) is 15.6. The lowest BCUT2D eigenvalue weighted by molar-refractivity contribution is 0.177. The third-order valence-corrected chi connectivity index (χ3v) is 10.4. The Balaban J connectivity index is 1.64. The van der Waals surface area contributed by atoms with E-state index >= 15 is 0 Å². The van der Waals surface area contributed by atoms with Crippen LogP contribution in [0, 0.1) is 0 Å². The summed E-state index contributed by atoms with van der Waals surface area (Å²) in [6.45, 7) is 11.1. The third-order valence-electron chi connectivity index (χ3n) is 7.99. The smallest absolute Gasteiger partial charge is 0.253 e. The molecule has 0 amide bonds. The molecule has 3 unspecified atom stereocenters. The summed E-state index contributed by atoms with van der Waals surface area (Å²) >= 11 is 2.43. The maximum atomic E-state index is 13.3. The summed E-state index contributed by atoms with van der Waals surface area (Å²) in [5.41, 5.74) is 5.24. The molecule has 2 aliphatic carbocycles. The van der Waals surface area contributed by atoms with Crippen LogP contribution in [0.4, 0.5) is 5.69 Å². The molecule has 0 aliphatic heterocycles. The predicted molar refractivity (Wildman–Crippen MR) is 170 cm³/mol. The monoisotopic (exact) mass is 638 g/mol. The van der Waals surface area contributed by atoms with Crippen molar-refractivity contribution in [2.24, 2.45) is 0 Å². The minimum absolute atomic E-state index is 0.0593. The summed E-state index contributed by atoms with van der Waals surface area (Å²) in [5, 5.41) is 8.59. The number of hydrogen-bond acceptors (Lipinski definition) is 4. The van der Waals surface area contributed by atoms with Gasteiger partial charge in [-0.25, -0.2) is 0 Å². The molecule has 4 atom stereocenters. The maximum absolute atomic E-state index is 13.3. The van der Waals surface area contributed by atoms with Gasteiger partial charge in [0.2, 0.25) is 0 Å². The molecule has 2 aromatic rings. The highest BCUT2D eigenvalue weighted by Crippen LogP contribution is 2.51. The highest BCUT2D eigenvalue weighted by molar-refractivity contribution is 14.1. The zero-order valence-corrected chi connectivity index (χ0v) is 26.6. The van der Waals surface area contributed by atoms with E-state index in [0.717, 1.165) is 42.6 Å². The van der Waals surface area contributed by atoms with E-state index in [-0.39, 0.29) is 17.1 Å². The van der Waals surface area contributed by atoms with E-state index in [0.29, 0.717) is 21.7 Å². The molecule has 196 valence electrons. The molecule has 1 aromatic heterocycles. The number of alkyl halides is 1. The zero-order chi connectivity index (χ0) is 26.4. The van der Waals surface area contributed by atoms with Gasteiger partial charge in [0, 0.05) is 45.3 Å². The van der Waals surface area contributed by atoms with Gasteiger partial charge in [-0.05, 0) is 69.1 Å². The van der Waals surface area contributed by atoms with Gasteiger partial charge in [0.25, 0.3) is 5.56 Å². The Morgan fingerprint density at radius 2 is 1.86 bits per heavy atom. The van der Waals surface area contributed by atoms with Crippen molar-refractivity contribution < 1.29 is 0 Å². The molecule has 8 heteroatoms. The van der Waals surface area contributed by atoms with Gasteiger partial charge in [-0.3, -0.25) is 4.79 Å². The van der Waals surface area contributed by atoms with Crippen molar-refractivity contribution >= 4 is 57.8 Å². The van der Waals surface area contributed by atoms with Gasteiger partial charge < -0.3 is 20.1 Å². The molecule has 0 bridgehead atoms. The molecule has 1 heterocycles. The zero-order valence-electron chi connectivity index (χ0n) is 22.1. The number of rotatable bonds is 10. The lowest BCUT2D eigenvalue weighted by Gasteiger charge is -2.41. The molecular weight excluding hydrogens is 597 g/mol. The SMILES string of the molecule is C=C(N[C@H](C)c1cccc(C(C)C)c1P)c1cn(C2(C(P)I)CC2)c(=O)cc1NC1CC(N(C)C)C1. The number of halogens is 1. The Bertz CT molecular complexity index is 1180. The first-order valence-corrected chi connectivity index (χ1v) is 15.4. The van der Waals surface area contributed by atoms with Crippen LogP contribution in [0.5, 0.6) is 0 Å². The van der Waals surface area contributed by atoms with Gasteiger partial charge in [0.05, 0.1) is 11.2 Å². The molecular formula is C28H41IN4OP2. The Morgan fingerprint density at radius 1 is 1.22 bits per heavy atom. The molecule has 2 fully saturated rings. The van der Waals surface area contributed by atoms with Gasteiger partial charge in [0.1, 0.15) is 0 Å². The summed E-state index contributed by atoms with van der Waals surface area (Å²) in [5.74, 6) is 0.462. The fourth-order valence-corrected chi connectivity index (χ4v) is 7.46. The number of aromatic nitrogens is 1. The van der Waals surface area contributed by atoms with Crippen molar-refractivity contribution in [1.82, 2.24) is 14.8 Å². The average Bonchev–Trinajstić information content (AvgIpc) is 3.57.